The molecule has 3 heterocycles. The second-order valence-electron chi connectivity index (χ2n) is 6.81. The Labute approximate surface area is 149 Å². The molecular formula is C17H21IO5. The summed E-state index contributed by atoms with van der Waals surface area (Å²) in [6.45, 7) is 5.53. The van der Waals surface area contributed by atoms with Gasteiger partial charge in [-0.05, 0) is 38.0 Å². The highest BCUT2D eigenvalue weighted by atomic mass is 127. The molecule has 0 amide bonds. The van der Waals surface area contributed by atoms with Gasteiger partial charge in [-0.15, -0.1) is 0 Å². The summed E-state index contributed by atoms with van der Waals surface area (Å²) in [4.78, 5) is 0. The van der Waals surface area contributed by atoms with Gasteiger partial charge in [-0.3, -0.25) is 0 Å². The number of hydrogen-bond acceptors (Lipinski definition) is 5. The third-order valence-electron chi connectivity index (χ3n) is 4.88. The predicted octanol–water partition coefficient (Wildman–Crippen LogP) is 2.93. The molecule has 0 radical (unpaired) electrons. The SMILES string of the molecule is CC1(C)OC[C@@]2(O1)[C@@H](Cc1ccc3c(c1)OCO3)CO[C@H]2CI. The Hall–Kier alpha value is -0.570. The first-order valence-electron chi connectivity index (χ1n) is 7.93. The summed E-state index contributed by atoms with van der Waals surface area (Å²) in [6, 6.07) is 6.14. The quantitative estimate of drug-likeness (QED) is 0.543. The highest BCUT2D eigenvalue weighted by Gasteiger charge is 2.59. The van der Waals surface area contributed by atoms with E-state index in [-0.39, 0.29) is 17.6 Å². The van der Waals surface area contributed by atoms with E-state index in [1.807, 2.05) is 19.9 Å². The minimum atomic E-state index is -0.551. The molecule has 0 aliphatic carbocycles. The van der Waals surface area contributed by atoms with Crippen LogP contribution in [0.2, 0.25) is 0 Å². The molecule has 0 N–H and O–H groups in total. The van der Waals surface area contributed by atoms with Crippen LogP contribution in [0.25, 0.3) is 0 Å². The molecule has 6 heteroatoms. The van der Waals surface area contributed by atoms with Crippen molar-refractivity contribution >= 4 is 22.6 Å². The molecule has 0 saturated carbocycles. The van der Waals surface area contributed by atoms with E-state index in [1.54, 1.807) is 0 Å². The van der Waals surface area contributed by atoms with Gasteiger partial charge in [-0.2, -0.15) is 0 Å². The molecule has 0 aromatic heterocycles. The summed E-state index contributed by atoms with van der Waals surface area (Å²) in [6.07, 6.45) is 0.951. The smallest absolute Gasteiger partial charge is 0.231 e. The Morgan fingerprint density at radius 1 is 1.22 bits per heavy atom. The van der Waals surface area contributed by atoms with E-state index < -0.39 is 5.79 Å². The fourth-order valence-corrected chi connectivity index (χ4v) is 4.70. The first kappa shape index (κ1) is 15.9. The zero-order chi connectivity index (χ0) is 16.1. The van der Waals surface area contributed by atoms with E-state index in [4.69, 9.17) is 23.7 Å². The normalized spacial score (nSPS) is 34.4. The van der Waals surface area contributed by atoms with Crippen molar-refractivity contribution in [2.45, 2.75) is 37.8 Å². The van der Waals surface area contributed by atoms with Crippen molar-refractivity contribution in [3.05, 3.63) is 23.8 Å². The lowest BCUT2D eigenvalue weighted by molar-refractivity contribution is -0.176. The molecule has 0 bridgehead atoms. The van der Waals surface area contributed by atoms with Gasteiger partial charge >= 0.3 is 0 Å². The van der Waals surface area contributed by atoms with Crippen molar-refractivity contribution in [2.75, 3.05) is 24.4 Å². The number of benzene rings is 1. The molecule has 3 aliphatic heterocycles. The lowest BCUT2D eigenvalue weighted by atomic mass is 9.82. The molecule has 3 aliphatic rings. The van der Waals surface area contributed by atoms with Gasteiger partial charge < -0.3 is 23.7 Å². The molecule has 0 unspecified atom stereocenters. The monoisotopic (exact) mass is 432 g/mol. The van der Waals surface area contributed by atoms with Crippen LogP contribution in [0.3, 0.4) is 0 Å². The minimum absolute atomic E-state index is 0.0730. The molecule has 1 aromatic carbocycles. The highest BCUT2D eigenvalue weighted by molar-refractivity contribution is 14.1. The molecule has 126 valence electrons. The van der Waals surface area contributed by atoms with Crippen molar-refractivity contribution < 1.29 is 23.7 Å². The Balaban J connectivity index is 1.58. The zero-order valence-electron chi connectivity index (χ0n) is 13.3. The zero-order valence-corrected chi connectivity index (χ0v) is 15.5. The van der Waals surface area contributed by atoms with E-state index in [2.05, 4.69) is 34.7 Å². The van der Waals surface area contributed by atoms with Gasteiger partial charge in [0.05, 0.1) is 19.3 Å². The predicted molar refractivity (Wildman–Crippen MR) is 92.2 cm³/mol. The van der Waals surface area contributed by atoms with Gasteiger partial charge in [0.15, 0.2) is 17.3 Å². The van der Waals surface area contributed by atoms with Crippen LogP contribution in [0, 0.1) is 5.92 Å². The first-order chi connectivity index (χ1) is 11.0. The second kappa shape index (κ2) is 5.75. The standard InChI is InChI=1S/C17H21IO5/c1-16(2)22-9-17(23-16)12(8-19-15(17)7-18)5-11-3-4-13-14(6-11)21-10-20-13/h3-4,6,12,15H,5,7-10H2,1-2H3/t12-,15-,17+/m0/s1. The van der Waals surface area contributed by atoms with Crippen LogP contribution in [0.5, 0.6) is 11.5 Å². The average Bonchev–Trinajstić information content (AvgIpc) is 3.18. The number of halogens is 1. The summed E-state index contributed by atoms with van der Waals surface area (Å²) >= 11 is 2.37. The van der Waals surface area contributed by atoms with Crippen LogP contribution >= 0.6 is 22.6 Å². The summed E-state index contributed by atoms with van der Waals surface area (Å²) in [7, 11) is 0. The van der Waals surface area contributed by atoms with Crippen molar-refractivity contribution in [1.82, 2.24) is 0 Å². The average molecular weight is 432 g/mol. The van der Waals surface area contributed by atoms with Crippen LogP contribution in [0.15, 0.2) is 18.2 Å². The van der Waals surface area contributed by atoms with E-state index in [0.29, 0.717) is 20.0 Å². The molecular weight excluding hydrogens is 411 g/mol. The second-order valence-corrected chi connectivity index (χ2v) is 7.69. The first-order valence-corrected chi connectivity index (χ1v) is 9.45. The third-order valence-corrected chi connectivity index (χ3v) is 5.68. The van der Waals surface area contributed by atoms with Crippen molar-refractivity contribution in [3.63, 3.8) is 0 Å². The van der Waals surface area contributed by atoms with Gasteiger partial charge in [0, 0.05) is 10.3 Å². The minimum Gasteiger partial charge on any atom is -0.454 e. The van der Waals surface area contributed by atoms with Crippen molar-refractivity contribution in [2.24, 2.45) is 5.92 Å². The molecule has 4 rings (SSSR count). The number of hydrogen-bond donors (Lipinski definition) is 0. The Bertz CT molecular complexity index is 605. The molecule has 2 fully saturated rings. The fraction of sp³-hybridized carbons (Fsp3) is 0.647. The van der Waals surface area contributed by atoms with Gasteiger partial charge in [0.2, 0.25) is 6.79 Å². The molecule has 1 aromatic rings. The molecule has 2 saturated heterocycles. The van der Waals surface area contributed by atoms with Gasteiger partial charge in [0.1, 0.15) is 5.60 Å². The highest BCUT2D eigenvalue weighted by Crippen LogP contribution is 2.46. The van der Waals surface area contributed by atoms with Gasteiger partial charge in [-0.1, -0.05) is 28.7 Å². The molecule has 1 spiro atoms. The van der Waals surface area contributed by atoms with Gasteiger partial charge in [0.25, 0.3) is 0 Å². The Morgan fingerprint density at radius 3 is 2.78 bits per heavy atom. The lowest BCUT2D eigenvalue weighted by Crippen LogP contribution is -2.49. The van der Waals surface area contributed by atoms with Crippen molar-refractivity contribution in [1.29, 1.82) is 0 Å². The number of fused-ring (bicyclic) bond motifs is 1. The van der Waals surface area contributed by atoms with Crippen LogP contribution in [0.4, 0.5) is 0 Å². The summed E-state index contributed by atoms with van der Waals surface area (Å²) < 4.78 is 30.1. The van der Waals surface area contributed by atoms with E-state index in [9.17, 15) is 0 Å². The number of rotatable bonds is 3. The maximum atomic E-state index is 6.37. The summed E-state index contributed by atoms with van der Waals surface area (Å²) in [5.41, 5.74) is 0.853. The summed E-state index contributed by atoms with van der Waals surface area (Å²) in [5, 5.41) is 0. The number of alkyl halides is 1. The van der Waals surface area contributed by atoms with E-state index in [0.717, 1.165) is 22.3 Å². The maximum absolute atomic E-state index is 6.37. The van der Waals surface area contributed by atoms with Gasteiger partial charge in [-0.25, -0.2) is 0 Å². The Morgan fingerprint density at radius 2 is 2.04 bits per heavy atom. The third kappa shape index (κ3) is 2.73. The largest absolute Gasteiger partial charge is 0.454 e. The fourth-order valence-electron chi connectivity index (χ4n) is 3.70. The molecule has 23 heavy (non-hydrogen) atoms. The topological polar surface area (TPSA) is 46.2 Å². The van der Waals surface area contributed by atoms with Crippen LogP contribution in [-0.4, -0.2) is 41.9 Å². The van der Waals surface area contributed by atoms with Crippen LogP contribution in [0.1, 0.15) is 19.4 Å². The van der Waals surface area contributed by atoms with E-state index in [1.165, 1.54) is 5.56 Å². The maximum Gasteiger partial charge on any atom is 0.231 e. The van der Waals surface area contributed by atoms with E-state index >= 15 is 0 Å². The number of ether oxygens (including phenoxy) is 5. The molecule has 3 atom stereocenters. The Kier molecular flexibility index (Phi) is 3.98. The summed E-state index contributed by atoms with van der Waals surface area (Å²) in [5.74, 6) is 1.36. The lowest BCUT2D eigenvalue weighted by Gasteiger charge is -2.33. The van der Waals surface area contributed by atoms with Crippen LogP contribution < -0.4 is 9.47 Å². The van der Waals surface area contributed by atoms with Crippen LogP contribution in [-0.2, 0) is 20.6 Å². The molecule has 5 nitrogen and oxygen atoms in total. The van der Waals surface area contributed by atoms with Crippen molar-refractivity contribution in [3.8, 4) is 11.5 Å².